The van der Waals surface area contributed by atoms with Gasteiger partial charge in [-0.2, -0.15) is 0 Å². The average Bonchev–Trinajstić information content (AvgIpc) is 2.69. The molecule has 2 aromatic carbocycles. The predicted octanol–water partition coefficient (Wildman–Crippen LogP) is 3.35. The standard InChI is InChI=1S/C20H22BrN3O4S/c1-3-22-18(25)14-6-4-5-7-16(14)23-20(29)24-19(26)15-12-13(21)8-9-17(15)28-11-10-27-2/h4-9,12H,3,10-11H2,1-2H3,(H,22,25)(H2,23,24,26,29). The molecule has 7 nitrogen and oxygen atoms in total. The van der Waals surface area contributed by atoms with E-state index >= 15 is 0 Å². The summed E-state index contributed by atoms with van der Waals surface area (Å²) in [6.07, 6.45) is 0. The molecule has 0 fully saturated rings. The molecular formula is C20H22BrN3O4S. The first kappa shape index (κ1) is 22.8. The highest BCUT2D eigenvalue weighted by Gasteiger charge is 2.16. The van der Waals surface area contributed by atoms with Crippen LogP contribution in [0.25, 0.3) is 0 Å². The highest BCUT2D eigenvalue weighted by atomic mass is 79.9. The molecule has 154 valence electrons. The van der Waals surface area contributed by atoms with E-state index in [4.69, 9.17) is 21.7 Å². The number of benzene rings is 2. The van der Waals surface area contributed by atoms with Crippen molar-refractivity contribution in [3.05, 3.63) is 58.1 Å². The summed E-state index contributed by atoms with van der Waals surface area (Å²) in [4.78, 5) is 24.9. The summed E-state index contributed by atoms with van der Waals surface area (Å²) in [5, 5.41) is 8.32. The van der Waals surface area contributed by atoms with Crippen LogP contribution in [0.15, 0.2) is 46.9 Å². The predicted molar refractivity (Wildman–Crippen MR) is 120 cm³/mol. The largest absolute Gasteiger partial charge is 0.490 e. The number of ether oxygens (including phenoxy) is 2. The van der Waals surface area contributed by atoms with Crippen LogP contribution in [-0.2, 0) is 4.74 Å². The Kier molecular flexibility index (Phi) is 9.04. The van der Waals surface area contributed by atoms with Crippen LogP contribution in [-0.4, -0.2) is 43.8 Å². The van der Waals surface area contributed by atoms with E-state index in [1.165, 1.54) is 0 Å². The molecule has 0 radical (unpaired) electrons. The zero-order chi connectivity index (χ0) is 21.2. The number of nitrogens with one attached hydrogen (secondary N) is 3. The molecule has 0 aliphatic rings. The van der Waals surface area contributed by atoms with Crippen molar-refractivity contribution in [3.63, 3.8) is 0 Å². The molecule has 0 unspecified atom stereocenters. The third-order valence-electron chi connectivity index (χ3n) is 3.72. The zero-order valence-corrected chi connectivity index (χ0v) is 18.5. The first-order valence-electron chi connectivity index (χ1n) is 8.87. The number of anilines is 1. The second-order valence-electron chi connectivity index (χ2n) is 5.80. The summed E-state index contributed by atoms with van der Waals surface area (Å²) < 4.78 is 11.3. The minimum Gasteiger partial charge on any atom is -0.490 e. The van der Waals surface area contributed by atoms with Gasteiger partial charge >= 0.3 is 0 Å². The summed E-state index contributed by atoms with van der Waals surface area (Å²) in [7, 11) is 1.57. The molecule has 3 N–H and O–H groups in total. The van der Waals surface area contributed by atoms with Gasteiger partial charge in [-0.3, -0.25) is 14.9 Å². The summed E-state index contributed by atoms with van der Waals surface area (Å²) in [6, 6.07) is 12.0. The normalized spacial score (nSPS) is 10.2. The quantitative estimate of drug-likeness (QED) is 0.397. The Morgan fingerprint density at radius 2 is 1.83 bits per heavy atom. The van der Waals surface area contributed by atoms with Gasteiger partial charge in [-0.25, -0.2) is 0 Å². The van der Waals surface area contributed by atoms with Crippen LogP contribution in [0.3, 0.4) is 0 Å². The summed E-state index contributed by atoms with van der Waals surface area (Å²) in [5.74, 6) is -0.259. The van der Waals surface area contributed by atoms with Crippen molar-refractivity contribution in [2.45, 2.75) is 6.92 Å². The van der Waals surface area contributed by atoms with Gasteiger partial charge in [0.25, 0.3) is 11.8 Å². The Balaban J connectivity index is 2.11. The van der Waals surface area contributed by atoms with Crippen molar-refractivity contribution >= 4 is 50.8 Å². The summed E-state index contributed by atoms with van der Waals surface area (Å²) in [5.41, 5.74) is 1.24. The van der Waals surface area contributed by atoms with Gasteiger partial charge < -0.3 is 20.1 Å². The van der Waals surface area contributed by atoms with Crippen LogP contribution in [0.4, 0.5) is 5.69 Å². The number of hydrogen-bond acceptors (Lipinski definition) is 5. The number of para-hydroxylation sites is 1. The molecule has 0 bridgehead atoms. The number of thiocarbonyl (C=S) groups is 1. The van der Waals surface area contributed by atoms with E-state index in [2.05, 4.69) is 31.9 Å². The van der Waals surface area contributed by atoms with Crippen molar-refractivity contribution in [3.8, 4) is 5.75 Å². The molecule has 0 aromatic heterocycles. The fourth-order valence-corrected chi connectivity index (χ4v) is 2.97. The first-order valence-corrected chi connectivity index (χ1v) is 10.1. The maximum atomic E-state index is 12.7. The minimum absolute atomic E-state index is 0.0644. The van der Waals surface area contributed by atoms with Gasteiger partial charge in [0.1, 0.15) is 12.4 Å². The molecule has 29 heavy (non-hydrogen) atoms. The number of carbonyl (C=O) groups is 2. The highest BCUT2D eigenvalue weighted by Crippen LogP contribution is 2.23. The van der Waals surface area contributed by atoms with Gasteiger partial charge in [0.15, 0.2) is 5.11 Å². The molecular weight excluding hydrogens is 458 g/mol. The van der Waals surface area contributed by atoms with E-state index < -0.39 is 5.91 Å². The van der Waals surface area contributed by atoms with Crippen molar-refractivity contribution in [2.75, 3.05) is 32.2 Å². The fraction of sp³-hybridized carbons (Fsp3) is 0.250. The molecule has 0 saturated carbocycles. The lowest BCUT2D eigenvalue weighted by Gasteiger charge is -2.15. The van der Waals surface area contributed by atoms with Crippen molar-refractivity contribution in [1.29, 1.82) is 0 Å². The first-order chi connectivity index (χ1) is 14.0. The van der Waals surface area contributed by atoms with E-state index in [-0.39, 0.29) is 11.0 Å². The molecule has 0 saturated heterocycles. The van der Waals surface area contributed by atoms with Crippen LogP contribution in [0.5, 0.6) is 5.75 Å². The van der Waals surface area contributed by atoms with Crippen LogP contribution >= 0.6 is 28.1 Å². The third kappa shape index (κ3) is 6.81. The van der Waals surface area contributed by atoms with Gasteiger partial charge in [-0.1, -0.05) is 28.1 Å². The van der Waals surface area contributed by atoms with Crippen molar-refractivity contribution < 1.29 is 19.1 Å². The molecule has 0 heterocycles. The molecule has 0 atom stereocenters. The van der Waals surface area contributed by atoms with Crippen molar-refractivity contribution in [1.82, 2.24) is 10.6 Å². The number of hydrogen-bond donors (Lipinski definition) is 3. The number of halogens is 1. The maximum absolute atomic E-state index is 12.7. The maximum Gasteiger partial charge on any atom is 0.261 e. The minimum atomic E-state index is -0.438. The molecule has 2 rings (SSSR count). The van der Waals surface area contributed by atoms with E-state index in [1.807, 2.05) is 6.92 Å². The Morgan fingerprint density at radius 1 is 1.07 bits per heavy atom. The Hall–Kier alpha value is -2.49. The van der Waals surface area contributed by atoms with Crippen LogP contribution < -0.4 is 20.7 Å². The molecule has 0 aliphatic carbocycles. The van der Waals surface area contributed by atoms with Crippen LogP contribution in [0.1, 0.15) is 27.6 Å². The molecule has 0 aliphatic heterocycles. The van der Waals surface area contributed by atoms with E-state index in [0.29, 0.717) is 42.3 Å². The smallest absolute Gasteiger partial charge is 0.261 e. The molecule has 2 amide bonds. The fourth-order valence-electron chi connectivity index (χ4n) is 2.41. The number of carbonyl (C=O) groups excluding carboxylic acids is 2. The summed E-state index contributed by atoms with van der Waals surface area (Å²) >= 11 is 8.61. The van der Waals surface area contributed by atoms with Gasteiger partial charge in [-0.05, 0) is 49.5 Å². The van der Waals surface area contributed by atoms with Gasteiger partial charge in [0.05, 0.1) is 23.4 Å². The van der Waals surface area contributed by atoms with E-state index in [0.717, 1.165) is 4.47 Å². The second kappa shape index (κ2) is 11.5. The lowest BCUT2D eigenvalue weighted by molar-refractivity contribution is 0.0953. The van der Waals surface area contributed by atoms with Crippen LogP contribution in [0.2, 0.25) is 0 Å². The topological polar surface area (TPSA) is 88.7 Å². The lowest BCUT2D eigenvalue weighted by atomic mass is 10.1. The van der Waals surface area contributed by atoms with Crippen molar-refractivity contribution in [2.24, 2.45) is 0 Å². The Labute approximate surface area is 183 Å². The van der Waals surface area contributed by atoms with Gasteiger partial charge in [0, 0.05) is 18.1 Å². The highest BCUT2D eigenvalue weighted by molar-refractivity contribution is 9.10. The zero-order valence-electron chi connectivity index (χ0n) is 16.1. The Morgan fingerprint density at radius 3 is 2.55 bits per heavy atom. The number of amides is 2. The molecule has 9 heteroatoms. The lowest BCUT2D eigenvalue weighted by Crippen LogP contribution is -2.35. The number of methoxy groups -OCH3 is 1. The van der Waals surface area contributed by atoms with Crippen LogP contribution in [0, 0.1) is 0 Å². The van der Waals surface area contributed by atoms with E-state index in [1.54, 1.807) is 49.6 Å². The average molecular weight is 480 g/mol. The SMILES string of the molecule is CCNC(=O)c1ccccc1NC(=S)NC(=O)c1cc(Br)ccc1OCCOC. The molecule has 0 spiro atoms. The van der Waals surface area contributed by atoms with Gasteiger partial charge in [0.2, 0.25) is 0 Å². The molecule has 2 aromatic rings. The van der Waals surface area contributed by atoms with Gasteiger partial charge in [-0.15, -0.1) is 0 Å². The summed E-state index contributed by atoms with van der Waals surface area (Å²) in [6.45, 7) is 3.04. The van der Waals surface area contributed by atoms with E-state index in [9.17, 15) is 9.59 Å². The third-order valence-corrected chi connectivity index (χ3v) is 4.41. The Bertz CT molecular complexity index is 892. The monoisotopic (exact) mass is 479 g/mol. The second-order valence-corrected chi connectivity index (χ2v) is 7.12. The number of rotatable bonds is 8.